The van der Waals surface area contributed by atoms with Crippen molar-refractivity contribution in [3.8, 4) is 0 Å². The van der Waals surface area contributed by atoms with Crippen LogP contribution in [0, 0.1) is 11.3 Å². The number of esters is 2. The highest BCUT2D eigenvalue weighted by Crippen LogP contribution is 2.45. The number of hydrogen-bond donors (Lipinski definition) is 0. The van der Waals surface area contributed by atoms with Crippen LogP contribution in [-0.2, 0) is 35.0 Å². The van der Waals surface area contributed by atoms with E-state index in [0.717, 1.165) is 12.0 Å². The molecule has 1 amide bonds. The maximum absolute atomic E-state index is 12.9. The highest BCUT2D eigenvalue weighted by molar-refractivity contribution is 5.86. The summed E-state index contributed by atoms with van der Waals surface area (Å²) in [7, 11) is 0. The fourth-order valence-electron chi connectivity index (χ4n) is 4.07. The van der Waals surface area contributed by atoms with Crippen LogP contribution < -0.4 is 0 Å². The number of amides is 1. The summed E-state index contributed by atoms with van der Waals surface area (Å²) in [4.78, 5) is 37.1. The van der Waals surface area contributed by atoms with Gasteiger partial charge >= 0.3 is 11.9 Å². The second-order valence-electron chi connectivity index (χ2n) is 8.13. The van der Waals surface area contributed by atoms with Crippen molar-refractivity contribution in [3.63, 3.8) is 0 Å². The van der Waals surface area contributed by atoms with Crippen molar-refractivity contribution in [2.75, 3.05) is 13.2 Å². The molecule has 152 valence electrons. The Morgan fingerprint density at radius 3 is 2.46 bits per heavy atom. The van der Waals surface area contributed by atoms with Crippen LogP contribution in [0.4, 0.5) is 0 Å². The van der Waals surface area contributed by atoms with Crippen LogP contribution in [-0.4, -0.2) is 54.3 Å². The molecule has 2 aliphatic heterocycles. The van der Waals surface area contributed by atoms with E-state index >= 15 is 0 Å². The standard InChI is InChI=1S/C21H27NO6/c1-13(23)26-12-17-16(27-14(2)24)11-22-19(25)18(20(22)28-17)21(3,4)10-15-8-6-5-7-9-15/h5-9,16-18,20H,10-12H2,1-4H3/t16-,17+,18-,20-/m0/s1. The molecule has 28 heavy (non-hydrogen) atoms. The number of carbonyl (C=O) groups is 3. The first kappa shape index (κ1) is 20.3. The van der Waals surface area contributed by atoms with Gasteiger partial charge in [-0.2, -0.15) is 0 Å². The zero-order valence-corrected chi connectivity index (χ0v) is 16.7. The van der Waals surface area contributed by atoms with Crippen molar-refractivity contribution in [1.82, 2.24) is 4.90 Å². The van der Waals surface area contributed by atoms with E-state index in [1.54, 1.807) is 4.90 Å². The van der Waals surface area contributed by atoms with Crippen LogP contribution in [0.15, 0.2) is 30.3 Å². The van der Waals surface area contributed by atoms with Crippen molar-refractivity contribution < 1.29 is 28.6 Å². The van der Waals surface area contributed by atoms with Gasteiger partial charge in [0.25, 0.3) is 0 Å². The quantitative estimate of drug-likeness (QED) is 0.546. The van der Waals surface area contributed by atoms with E-state index in [1.807, 2.05) is 30.3 Å². The van der Waals surface area contributed by atoms with Gasteiger partial charge in [-0.05, 0) is 17.4 Å². The van der Waals surface area contributed by atoms with E-state index in [9.17, 15) is 14.4 Å². The molecule has 7 nitrogen and oxygen atoms in total. The molecule has 1 aromatic carbocycles. The minimum Gasteiger partial charge on any atom is -0.463 e. The molecule has 7 heteroatoms. The molecule has 1 aromatic rings. The van der Waals surface area contributed by atoms with Gasteiger partial charge in [0.05, 0.1) is 12.5 Å². The molecule has 0 aromatic heterocycles. The fraction of sp³-hybridized carbons (Fsp3) is 0.571. The summed E-state index contributed by atoms with van der Waals surface area (Å²) < 4.78 is 16.5. The van der Waals surface area contributed by atoms with Crippen molar-refractivity contribution in [1.29, 1.82) is 0 Å². The van der Waals surface area contributed by atoms with Gasteiger partial charge in [0.15, 0.2) is 0 Å². The predicted molar refractivity (Wildman–Crippen MR) is 100.0 cm³/mol. The summed E-state index contributed by atoms with van der Waals surface area (Å²) in [6.07, 6.45) is -0.939. The smallest absolute Gasteiger partial charge is 0.303 e. The first-order valence-electron chi connectivity index (χ1n) is 9.49. The summed E-state index contributed by atoms with van der Waals surface area (Å²) in [6, 6.07) is 10.0. The largest absolute Gasteiger partial charge is 0.463 e. The third-order valence-corrected chi connectivity index (χ3v) is 5.36. The summed E-state index contributed by atoms with van der Waals surface area (Å²) in [5.74, 6) is -1.22. The molecule has 0 aliphatic carbocycles. The molecular formula is C21H27NO6. The molecule has 0 saturated carbocycles. The van der Waals surface area contributed by atoms with Crippen molar-refractivity contribution in [2.45, 2.75) is 52.6 Å². The summed E-state index contributed by atoms with van der Waals surface area (Å²) in [5, 5.41) is 0. The zero-order chi connectivity index (χ0) is 20.5. The number of nitrogens with zero attached hydrogens (tertiary/aromatic N) is 1. The van der Waals surface area contributed by atoms with Gasteiger partial charge in [-0.3, -0.25) is 14.4 Å². The molecule has 4 atom stereocenters. The molecule has 0 bridgehead atoms. The minimum absolute atomic E-state index is 0.00554. The first-order chi connectivity index (χ1) is 13.2. The Kier molecular flexibility index (Phi) is 5.74. The molecule has 2 heterocycles. The highest BCUT2D eigenvalue weighted by atomic mass is 16.6. The lowest BCUT2D eigenvalue weighted by molar-refractivity contribution is -0.268. The average molecular weight is 389 g/mol. The number of β-lactam (4-membered cyclic amide) rings is 1. The highest BCUT2D eigenvalue weighted by Gasteiger charge is 2.59. The zero-order valence-electron chi connectivity index (χ0n) is 16.7. The van der Waals surface area contributed by atoms with Crippen LogP contribution in [0.1, 0.15) is 33.3 Å². The Bertz CT molecular complexity index is 747. The van der Waals surface area contributed by atoms with Crippen molar-refractivity contribution >= 4 is 17.8 Å². The number of benzene rings is 1. The van der Waals surface area contributed by atoms with Crippen LogP contribution in [0.3, 0.4) is 0 Å². The normalized spacial score (nSPS) is 26.9. The van der Waals surface area contributed by atoms with E-state index in [0.29, 0.717) is 0 Å². The number of rotatable bonds is 6. The molecule has 2 saturated heterocycles. The van der Waals surface area contributed by atoms with Gasteiger partial charge in [0.2, 0.25) is 5.91 Å². The lowest BCUT2D eigenvalue weighted by Gasteiger charge is -2.57. The molecule has 0 N–H and O–H groups in total. The summed E-state index contributed by atoms with van der Waals surface area (Å²) >= 11 is 0. The fourth-order valence-corrected chi connectivity index (χ4v) is 4.07. The Morgan fingerprint density at radius 1 is 1.18 bits per heavy atom. The van der Waals surface area contributed by atoms with Crippen LogP contribution >= 0.6 is 0 Å². The van der Waals surface area contributed by atoms with Crippen molar-refractivity contribution in [2.24, 2.45) is 11.3 Å². The van der Waals surface area contributed by atoms with E-state index in [-0.39, 0.29) is 30.4 Å². The Hall–Kier alpha value is -2.41. The number of hydrogen-bond acceptors (Lipinski definition) is 6. The third-order valence-electron chi connectivity index (χ3n) is 5.36. The van der Waals surface area contributed by atoms with Gasteiger partial charge in [0.1, 0.15) is 25.0 Å². The maximum atomic E-state index is 12.9. The molecule has 0 unspecified atom stereocenters. The summed E-state index contributed by atoms with van der Waals surface area (Å²) in [5.41, 5.74) is 0.837. The SMILES string of the molecule is CC(=O)OC[C@H]1O[C@H]2[C@@H](C(C)(C)Cc3ccccc3)C(=O)N2C[C@@H]1OC(C)=O. The molecule has 2 aliphatic rings. The van der Waals surface area contributed by atoms with Gasteiger partial charge in [-0.15, -0.1) is 0 Å². The van der Waals surface area contributed by atoms with Gasteiger partial charge in [0, 0.05) is 13.8 Å². The third kappa shape index (κ3) is 4.19. The summed E-state index contributed by atoms with van der Waals surface area (Å²) in [6.45, 7) is 6.96. The van der Waals surface area contributed by atoms with Crippen LogP contribution in [0.2, 0.25) is 0 Å². The maximum Gasteiger partial charge on any atom is 0.303 e. The average Bonchev–Trinajstić information content (AvgIpc) is 2.60. The predicted octanol–water partition coefficient (Wildman–Crippen LogP) is 1.93. The van der Waals surface area contributed by atoms with Gasteiger partial charge in [-0.25, -0.2) is 0 Å². The first-order valence-corrected chi connectivity index (χ1v) is 9.49. The monoisotopic (exact) mass is 389 g/mol. The van der Waals surface area contributed by atoms with E-state index in [2.05, 4.69) is 13.8 Å². The minimum atomic E-state index is -0.657. The number of fused-ring (bicyclic) bond motifs is 1. The van der Waals surface area contributed by atoms with Gasteiger partial charge < -0.3 is 19.1 Å². The topological polar surface area (TPSA) is 82.1 Å². The van der Waals surface area contributed by atoms with Crippen LogP contribution in [0.25, 0.3) is 0 Å². The second-order valence-corrected chi connectivity index (χ2v) is 8.13. The van der Waals surface area contributed by atoms with Crippen molar-refractivity contribution in [3.05, 3.63) is 35.9 Å². The number of carbonyl (C=O) groups excluding carboxylic acids is 3. The molecular weight excluding hydrogens is 362 g/mol. The molecule has 2 fully saturated rings. The molecule has 0 spiro atoms. The molecule has 3 rings (SSSR count). The van der Waals surface area contributed by atoms with E-state index < -0.39 is 30.4 Å². The lowest BCUT2D eigenvalue weighted by atomic mass is 9.68. The van der Waals surface area contributed by atoms with E-state index in [1.165, 1.54) is 13.8 Å². The van der Waals surface area contributed by atoms with Crippen LogP contribution in [0.5, 0.6) is 0 Å². The second kappa shape index (κ2) is 7.91. The Labute approximate surface area is 164 Å². The Balaban J connectivity index is 1.74. The molecule has 0 radical (unpaired) electrons. The lowest BCUT2D eigenvalue weighted by Crippen LogP contribution is -2.73. The Morgan fingerprint density at radius 2 is 1.86 bits per heavy atom. The van der Waals surface area contributed by atoms with Gasteiger partial charge in [-0.1, -0.05) is 44.2 Å². The van der Waals surface area contributed by atoms with E-state index in [4.69, 9.17) is 14.2 Å². The number of ether oxygens (including phenoxy) is 3.